The molecule has 7 nitrogen and oxygen atoms in total. The maximum absolute atomic E-state index is 11.8. The van der Waals surface area contributed by atoms with E-state index in [1.165, 1.54) is 19.3 Å². The van der Waals surface area contributed by atoms with E-state index in [1.54, 1.807) is 13.3 Å². The first-order chi connectivity index (χ1) is 13.1. The van der Waals surface area contributed by atoms with Crippen LogP contribution in [0, 0.1) is 5.41 Å². The summed E-state index contributed by atoms with van der Waals surface area (Å²) in [6.45, 7) is 8.20. The Balaban J connectivity index is 1.28. The van der Waals surface area contributed by atoms with Gasteiger partial charge >= 0.3 is 6.09 Å². The van der Waals surface area contributed by atoms with E-state index >= 15 is 0 Å². The first kappa shape index (κ1) is 18.3. The second-order valence-corrected chi connectivity index (χ2v) is 8.01. The van der Waals surface area contributed by atoms with Crippen molar-refractivity contribution >= 4 is 11.8 Å². The van der Waals surface area contributed by atoms with Crippen LogP contribution in [-0.4, -0.2) is 79.9 Å². The Morgan fingerprint density at radius 2 is 2.07 bits per heavy atom. The molecule has 3 fully saturated rings. The fraction of sp³-hybridized carbons (Fsp3) is 0.700. The van der Waals surface area contributed by atoms with E-state index in [4.69, 9.17) is 9.47 Å². The number of amides is 1. The summed E-state index contributed by atoms with van der Waals surface area (Å²) in [4.78, 5) is 23.0. The molecule has 1 unspecified atom stereocenters. The number of anilines is 1. The van der Waals surface area contributed by atoms with E-state index in [-0.39, 0.29) is 6.09 Å². The molecule has 27 heavy (non-hydrogen) atoms. The second-order valence-electron chi connectivity index (χ2n) is 8.01. The summed E-state index contributed by atoms with van der Waals surface area (Å²) in [5, 5.41) is 0. The Morgan fingerprint density at radius 3 is 2.78 bits per heavy atom. The van der Waals surface area contributed by atoms with Crippen LogP contribution in [-0.2, 0) is 4.74 Å². The fourth-order valence-corrected chi connectivity index (χ4v) is 4.99. The van der Waals surface area contributed by atoms with Crippen LogP contribution in [0.3, 0.4) is 0 Å². The molecule has 2 saturated heterocycles. The number of rotatable bonds is 4. The van der Waals surface area contributed by atoms with Crippen molar-refractivity contribution in [3.05, 3.63) is 18.3 Å². The molecule has 1 aromatic rings. The Labute approximate surface area is 161 Å². The van der Waals surface area contributed by atoms with Crippen LogP contribution in [0.15, 0.2) is 18.3 Å². The quantitative estimate of drug-likeness (QED) is 0.806. The summed E-state index contributed by atoms with van der Waals surface area (Å²) in [5.74, 6) is 0.708. The summed E-state index contributed by atoms with van der Waals surface area (Å²) in [6.07, 6.45) is 5.30. The van der Waals surface area contributed by atoms with Crippen LogP contribution >= 0.6 is 0 Å². The third-order valence-electron chi connectivity index (χ3n) is 6.37. The predicted octanol–water partition coefficient (Wildman–Crippen LogP) is 2.22. The Hall–Kier alpha value is -2.02. The molecule has 2 aliphatic heterocycles. The third-order valence-corrected chi connectivity index (χ3v) is 6.37. The van der Waals surface area contributed by atoms with Crippen LogP contribution in [0.1, 0.15) is 26.2 Å². The van der Waals surface area contributed by atoms with Crippen LogP contribution in [0.5, 0.6) is 5.88 Å². The number of nitrogens with zero attached hydrogens (tertiary/aromatic N) is 4. The number of pyridine rings is 1. The Bertz CT molecular complexity index is 669. The number of aromatic nitrogens is 1. The highest BCUT2D eigenvalue weighted by Crippen LogP contribution is 2.47. The molecule has 0 N–H and O–H groups in total. The molecular weight excluding hydrogens is 344 g/mol. The molecule has 4 rings (SSSR count). The van der Waals surface area contributed by atoms with Crippen molar-refractivity contribution in [3.63, 3.8) is 0 Å². The third kappa shape index (κ3) is 3.57. The second kappa shape index (κ2) is 7.54. The molecule has 0 bridgehead atoms. The summed E-state index contributed by atoms with van der Waals surface area (Å²) in [6, 6.07) is 4.70. The van der Waals surface area contributed by atoms with Crippen molar-refractivity contribution in [3.8, 4) is 5.88 Å². The number of hydrogen-bond donors (Lipinski definition) is 0. The summed E-state index contributed by atoms with van der Waals surface area (Å²) in [7, 11) is 1.68. The smallest absolute Gasteiger partial charge is 0.409 e. The monoisotopic (exact) mass is 374 g/mol. The SMILES string of the molecule is CCOC(=O)N1CC2(CCC(N3CCN(c4cccnc4OC)CC3)C2)C1. The van der Waals surface area contributed by atoms with Crippen molar-refractivity contribution in [1.29, 1.82) is 0 Å². The van der Waals surface area contributed by atoms with E-state index in [0.29, 0.717) is 23.9 Å². The average molecular weight is 374 g/mol. The number of likely N-dealkylation sites (tertiary alicyclic amines) is 1. The van der Waals surface area contributed by atoms with Crippen molar-refractivity contribution in [2.75, 3.05) is 57.9 Å². The van der Waals surface area contributed by atoms with Gasteiger partial charge in [-0.25, -0.2) is 9.78 Å². The molecule has 0 aromatic carbocycles. The van der Waals surface area contributed by atoms with Crippen LogP contribution in [0.2, 0.25) is 0 Å². The van der Waals surface area contributed by atoms with Crippen molar-refractivity contribution < 1.29 is 14.3 Å². The van der Waals surface area contributed by atoms with E-state index in [9.17, 15) is 4.79 Å². The largest absolute Gasteiger partial charge is 0.480 e. The number of piperazine rings is 1. The van der Waals surface area contributed by atoms with Crippen molar-refractivity contribution in [2.24, 2.45) is 5.41 Å². The minimum atomic E-state index is -0.148. The van der Waals surface area contributed by atoms with Gasteiger partial charge in [0.05, 0.1) is 19.4 Å². The molecular formula is C20H30N4O3. The van der Waals surface area contributed by atoms with Gasteiger partial charge in [0.25, 0.3) is 0 Å². The standard InChI is InChI=1S/C20H30N4O3/c1-3-27-19(25)24-14-20(15-24)7-6-16(13-20)22-9-11-23(12-10-22)17-5-4-8-21-18(17)26-2/h4-5,8,16H,3,6-7,9-15H2,1-2H3. The van der Waals surface area contributed by atoms with Gasteiger partial charge in [0, 0.05) is 56.9 Å². The maximum atomic E-state index is 11.8. The highest BCUT2D eigenvalue weighted by Gasteiger charge is 2.51. The first-order valence-electron chi connectivity index (χ1n) is 10.0. The summed E-state index contributed by atoms with van der Waals surface area (Å²) in [5.41, 5.74) is 1.42. The molecule has 0 radical (unpaired) electrons. The zero-order chi connectivity index (χ0) is 18.9. The minimum absolute atomic E-state index is 0.148. The molecule has 3 aliphatic rings. The topological polar surface area (TPSA) is 58.1 Å². The Kier molecular flexibility index (Phi) is 5.12. The fourth-order valence-electron chi connectivity index (χ4n) is 4.99. The van der Waals surface area contributed by atoms with Crippen LogP contribution < -0.4 is 9.64 Å². The highest BCUT2D eigenvalue weighted by molar-refractivity contribution is 5.69. The molecule has 1 aromatic heterocycles. The lowest BCUT2D eigenvalue weighted by molar-refractivity contribution is -0.00294. The maximum Gasteiger partial charge on any atom is 0.409 e. The van der Waals surface area contributed by atoms with Gasteiger partial charge in [0.1, 0.15) is 0 Å². The van der Waals surface area contributed by atoms with Gasteiger partial charge < -0.3 is 19.3 Å². The zero-order valence-corrected chi connectivity index (χ0v) is 16.4. The van der Waals surface area contributed by atoms with Gasteiger partial charge in [-0.15, -0.1) is 0 Å². The molecule has 3 heterocycles. The summed E-state index contributed by atoms with van der Waals surface area (Å²) < 4.78 is 10.5. The van der Waals surface area contributed by atoms with Crippen LogP contribution in [0.4, 0.5) is 10.5 Å². The number of carbonyl (C=O) groups is 1. The van der Waals surface area contributed by atoms with E-state index < -0.39 is 0 Å². The molecule has 7 heteroatoms. The molecule has 1 atom stereocenters. The van der Waals surface area contributed by atoms with Gasteiger partial charge in [-0.3, -0.25) is 4.90 Å². The average Bonchev–Trinajstić information content (AvgIpc) is 3.13. The Morgan fingerprint density at radius 1 is 1.30 bits per heavy atom. The van der Waals surface area contributed by atoms with Crippen molar-refractivity contribution in [1.82, 2.24) is 14.8 Å². The molecule has 1 aliphatic carbocycles. The van der Waals surface area contributed by atoms with Crippen LogP contribution in [0.25, 0.3) is 0 Å². The molecule has 1 saturated carbocycles. The van der Waals surface area contributed by atoms with Gasteiger partial charge in [0.15, 0.2) is 0 Å². The lowest BCUT2D eigenvalue weighted by Gasteiger charge is -2.48. The predicted molar refractivity (Wildman–Crippen MR) is 103 cm³/mol. The van der Waals surface area contributed by atoms with Gasteiger partial charge in [0.2, 0.25) is 5.88 Å². The van der Waals surface area contributed by atoms with Crippen molar-refractivity contribution in [2.45, 2.75) is 32.2 Å². The van der Waals surface area contributed by atoms with E-state index in [0.717, 1.165) is 45.0 Å². The lowest BCUT2D eigenvalue weighted by Crippen LogP contribution is -2.58. The molecule has 1 amide bonds. The number of hydrogen-bond acceptors (Lipinski definition) is 6. The number of carbonyl (C=O) groups excluding carboxylic acids is 1. The number of methoxy groups -OCH3 is 1. The highest BCUT2D eigenvalue weighted by atomic mass is 16.6. The zero-order valence-electron chi connectivity index (χ0n) is 16.4. The van der Waals surface area contributed by atoms with E-state index in [1.807, 2.05) is 17.9 Å². The summed E-state index contributed by atoms with van der Waals surface area (Å²) >= 11 is 0. The molecule has 148 valence electrons. The first-order valence-corrected chi connectivity index (χ1v) is 10.0. The van der Waals surface area contributed by atoms with Gasteiger partial charge in [-0.05, 0) is 38.3 Å². The minimum Gasteiger partial charge on any atom is -0.480 e. The van der Waals surface area contributed by atoms with Gasteiger partial charge in [-0.1, -0.05) is 0 Å². The normalized spacial score (nSPS) is 24.7. The van der Waals surface area contributed by atoms with E-state index in [2.05, 4.69) is 20.9 Å². The lowest BCUT2D eigenvalue weighted by atomic mass is 9.78. The van der Waals surface area contributed by atoms with Gasteiger partial charge in [-0.2, -0.15) is 0 Å². The molecule has 1 spiro atoms. The number of ether oxygens (including phenoxy) is 2.